The van der Waals surface area contributed by atoms with Crippen molar-refractivity contribution in [2.24, 2.45) is 5.92 Å². The first kappa shape index (κ1) is 24.6. The van der Waals surface area contributed by atoms with Crippen molar-refractivity contribution in [3.63, 3.8) is 0 Å². The Labute approximate surface area is 203 Å². The first-order valence-corrected chi connectivity index (χ1v) is 12.0. The normalized spacial score (nSPS) is 16.2. The summed E-state index contributed by atoms with van der Waals surface area (Å²) in [6.07, 6.45) is 7.39. The van der Waals surface area contributed by atoms with Crippen LogP contribution in [0.2, 0.25) is 0 Å². The lowest BCUT2D eigenvalue weighted by Crippen LogP contribution is -2.30. The summed E-state index contributed by atoms with van der Waals surface area (Å²) in [6.45, 7) is 6.72. The van der Waals surface area contributed by atoms with E-state index in [1.807, 2.05) is 19.1 Å². The Hall–Kier alpha value is -3.52. The average Bonchev–Trinajstić information content (AvgIpc) is 3.04. The number of aromatic nitrogens is 2. The van der Waals surface area contributed by atoms with Crippen LogP contribution >= 0.6 is 0 Å². The molecule has 1 fully saturated rings. The Morgan fingerprint density at radius 3 is 2.77 bits per heavy atom. The predicted octanol–water partition coefficient (Wildman–Crippen LogP) is 3.56. The molecule has 7 nitrogen and oxygen atoms in total. The molecule has 1 amide bonds. The first-order valence-electron chi connectivity index (χ1n) is 12.0. The van der Waals surface area contributed by atoms with Crippen molar-refractivity contribution in [2.75, 3.05) is 26.2 Å². The zero-order valence-corrected chi connectivity index (χ0v) is 20.1. The van der Waals surface area contributed by atoms with Crippen LogP contribution in [0.25, 0.3) is 16.5 Å². The predicted molar refractivity (Wildman–Crippen MR) is 134 cm³/mol. The molecule has 184 valence electrons. The van der Waals surface area contributed by atoms with E-state index in [1.165, 1.54) is 18.3 Å². The van der Waals surface area contributed by atoms with Gasteiger partial charge in [0, 0.05) is 50.4 Å². The van der Waals surface area contributed by atoms with Crippen molar-refractivity contribution in [2.45, 2.75) is 33.1 Å². The van der Waals surface area contributed by atoms with Gasteiger partial charge in [0.1, 0.15) is 11.3 Å². The van der Waals surface area contributed by atoms with Gasteiger partial charge in [-0.2, -0.15) is 4.73 Å². The molecule has 0 saturated carbocycles. The maximum atomic E-state index is 13.3. The Balaban J connectivity index is 1.69. The first-order chi connectivity index (χ1) is 16.8. The van der Waals surface area contributed by atoms with Crippen LogP contribution in [0.5, 0.6) is 0 Å². The molecular formula is C27H31FN4O3. The molecule has 1 aromatic carbocycles. The quantitative estimate of drug-likeness (QED) is 0.507. The van der Waals surface area contributed by atoms with E-state index in [0.29, 0.717) is 36.2 Å². The van der Waals surface area contributed by atoms with Crippen LogP contribution in [0.4, 0.5) is 4.39 Å². The summed E-state index contributed by atoms with van der Waals surface area (Å²) in [5.74, 6) is 0.0266. The van der Waals surface area contributed by atoms with Crippen LogP contribution in [-0.4, -0.2) is 51.9 Å². The van der Waals surface area contributed by atoms with Gasteiger partial charge in [0.05, 0.1) is 0 Å². The number of hydrogen-bond donors (Lipinski definition) is 2. The number of benzene rings is 1. The van der Waals surface area contributed by atoms with Crippen molar-refractivity contribution in [1.29, 1.82) is 0 Å². The number of hydrogen-bond acceptors (Lipinski definition) is 5. The Morgan fingerprint density at radius 2 is 2.00 bits per heavy atom. The highest BCUT2D eigenvalue weighted by molar-refractivity contribution is 5.92. The number of amides is 1. The topological polar surface area (TPSA) is 87.5 Å². The second-order valence-electron chi connectivity index (χ2n) is 9.25. The maximum absolute atomic E-state index is 13.3. The minimum absolute atomic E-state index is 0.0553. The van der Waals surface area contributed by atoms with E-state index in [2.05, 4.69) is 28.2 Å². The minimum Gasteiger partial charge on any atom is -0.425 e. The molecule has 1 saturated heterocycles. The molecule has 0 spiro atoms. The van der Waals surface area contributed by atoms with Gasteiger partial charge in [0.15, 0.2) is 0 Å². The molecule has 2 aromatic heterocycles. The Kier molecular flexibility index (Phi) is 7.60. The van der Waals surface area contributed by atoms with Gasteiger partial charge in [-0.25, -0.2) is 9.37 Å². The van der Waals surface area contributed by atoms with Crippen molar-refractivity contribution in [3.8, 4) is 0 Å². The molecule has 2 N–H and O–H groups in total. The summed E-state index contributed by atoms with van der Waals surface area (Å²) >= 11 is 0. The van der Waals surface area contributed by atoms with Crippen molar-refractivity contribution < 1.29 is 14.4 Å². The summed E-state index contributed by atoms with van der Waals surface area (Å²) in [4.78, 5) is 30.9. The fraction of sp³-hybridized carbons (Fsp3) is 0.370. The molecule has 0 aliphatic carbocycles. The molecule has 35 heavy (non-hydrogen) atoms. The molecule has 1 aliphatic rings. The maximum Gasteiger partial charge on any atom is 0.309 e. The summed E-state index contributed by atoms with van der Waals surface area (Å²) in [6, 6.07) is 8.31. The number of carbonyl (C=O) groups excluding carboxylic acids is 1. The van der Waals surface area contributed by atoms with Gasteiger partial charge in [-0.15, -0.1) is 0 Å². The van der Waals surface area contributed by atoms with E-state index in [1.54, 1.807) is 12.3 Å². The standard InChI is InChI=1S/C27H31FN4O3/c1-18(3-4-20-5-7-22(28)8-6-20)15-21(17-31-12-10-24(33)29-11-14-31)25-19(2)16-30-26-23(25)9-13-32(35)27(26)34/h5-9,13,15-16,18,35H,3-4,10-12,14,17H2,1-2H3,(H,29,33)/b21-15-. The lowest BCUT2D eigenvalue weighted by molar-refractivity contribution is -0.120. The molecule has 3 heterocycles. The van der Waals surface area contributed by atoms with Crippen LogP contribution in [0.1, 0.15) is 36.5 Å². The molecule has 1 aliphatic heterocycles. The van der Waals surface area contributed by atoms with E-state index >= 15 is 0 Å². The number of rotatable bonds is 7. The van der Waals surface area contributed by atoms with Crippen LogP contribution in [0.15, 0.2) is 53.6 Å². The van der Waals surface area contributed by atoms with Gasteiger partial charge in [-0.05, 0) is 66.1 Å². The number of pyridine rings is 2. The molecule has 1 unspecified atom stereocenters. The summed E-state index contributed by atoms with van der Waals surface area (Å²) in [5.41, 5.74) is 3.67. The highest BCUT2D eigenvalue weighted by Crippen LogP contribution is 2.29. The van der Waals surface area contributed by atoms with Gasteiger partial charge < -0.3 is 10.5 Å². The number of nitrogens with zero attached hydrogens (tertiary/aromatic N) is 3. The van der Waals surface area contributed by atoms with Crippen LogP contribution in [0, 0.1) is 18.7 Å². The van der Waals surface area contributed by atoms with E-state index in [4.69, 9.17) is 0 Å². The molecule has 8 heteroatoms. The third-order valence-corrected chi connectivity index (χ3v) is 6.51. The number of aryl methyl sites for hydroxylation is 2. The van der Waals surface area contributed by atoms with Gasteiger partial charge in [0.2, 0.25) is 5.91 Å². The van der Waals surface area contributed by atoms with Gasteiger partial charge in [0.25, 0.3) is 0 Å². The van der Waals surface area contributed by atoms with Gasteiger partial charge in [-0.3, -0.25) is 14.5 Å². The van der Waals surface area contributed by atoms with E-state index < -0.39 is 5.56 Å². The number of carbonyl (C=O) groups is 1. The molecule has 3 aromatic rings. The second-order valence-corrected chi connectivity index (χ2v) is 9.25. The highest BCUT2D eigenvalue weighted by Gasteiger charge is 2.20. The zero-order valence-electron chi connectivity index (χ0n) is 20.1. The molecule has 0 radical (unpaired) electrons. The Bertz CT molecular complexity index is 1300. The highest BCUT2D eigenvalue weighted by atomic mass is 19.1. The average molecular weight is 479 g/mol. The zero-order chi connectivity index (χ0) is 24.9. The molecular weight excluding hydrogens is 447 g/mol. The fourth-order valence-corrected chi connectivity index (χ4v) is 4.61. The Morgan fingerprint density at radius 1 is 1.23 bits per heavy atom. The van der Waals surface area contributed by atoms with Crippen LogP contribution in [0.3, 0.4) is 0 Å². The number of halogens is 1. The van der Waals surface area contributed by atoms with Gasteiger partial charge in [-0.1, -0.05) is 25.1 Å². The SMILES string of the molecule is Cc1cnc2c(=O)n(O)ccc2c1/C(=C\C(C)CCc1ccc(F)cc1)CN1CCNC(=O)CC1. The lowest BCUT2D eigenvalue weighted by Gasteiger charge is -2.24. The monoisotopic (exact) mass is 478 g/mol. The van der Waals surface area contributed by atoms with Crippen molar-refractivity contribution in [3.05, 3.63) is 81.7 Å². The molecule has 4 rings (SSSR count). The molecule has 1 atom stereocenters. The van der Waals surface area contributed by atoms with Crippen molar-refractivity contribution >= 4 is 22.4 Å². The largest absolute Gasteiger partial charge is 0.425 e. The van der Waals surface area contributed by atoms with E-state index in [0.717, 1.165) is 41.6 Å². The van der Waals surface area contributed by atoms with E-state index in [9.17, 15) is 19.2 Å². The summed E-state index contributed by atoms with van der Waals surface area (Å²) in [7, 11) is 0. The number of allylic oxidation sites excluding steroid dienone is 1. The number of fused-ring (bicyclic) bond motifs is 1. The van der Waals surface area contributed by atoms with Crippen molar-refractivity contribution in [1.82, 2.24) is 19.9 Å². The second kappa shape index (κ2) is 10.8. The lowest BCUT2D eigenvalue weighted by atomic mass is 9.92. The van der Waals surface area contributed by atoms with Crippen LogP contribution < -0.4 is 10.9 Å². The smallest absolute Gasteiger partial charge is 0.309 e. The fourth-order valence-electron chi connectivity index (χ4n) is 4.61. The van der Waals surface area contributed by atoms with Crippen LogP contribution in [-0.2, 0) is 11.2 Å². The third kappa shape index (κ3) is 5.95. The van der Waals surface area contributed by atoms with Gasteiger partial charge >= 0.3 is 5.56 Å². The number of nitrogens with one attached hydrogen (secondary N) is 1. The third-order valence-electron chi connectivity index (χ3n) is 6.51. The molecule has 0 bridgehead atoms. The summed E-state index contributed by atoms with van der Waals surface area (Å²) < 4.78 is 13.8. The minimum atomic E-state index is -0.558. The van der Waals surface area contributed by atoms with E-state index in [-0.39, 0.29) is 23.2 Å². The summed E-state index contributed by atoms with van der Waals surface area (Å²) in [5, 5.41) is 13.5.